The Bertz CT molecular complexity index is 857. The zero-order chi connectivity index (χ0) is 17.5. The fraction of sp³-hybridized carbons (Fsp3) is 0.0435. The van der Waals surface area contributed by atoms with Crippen molar-refractivity contribution in [2.45, 2.75) is 0 Å². The smallest absolute Gasteiger partial charge is 0.118 e. The van der Waals surface area contributed by atoms with E-state index in [4.69, 9.17) is 10.5 Å². The first-order valence-electron chi connectivity index (χ1n) is 8.19. The Hall–Kier alpha value is -3.26. The lowest BCUT2D eigenvalue weighted by atomic mass is 10.1. The molecule has 124 valence electrons. The predicted octanol–water partition coefficient (Wildman–Crippen LogP) is 5.62. The summed E-state index contributed by atoms with van der Waals surface area (Å²) in [6.45, 7) is 0. The fourth-order valence-electron chi connectivity index (χ4n) is 2.43. The average molecular weight is 327 g/mol. The lowest BCUT2D eigenvalue weighted by molar-refractivity contribution is 0.415. The number of anilines is 1. The number of rotatable bonds is 5. The Morgan fingerprint density at radius 3 is 1.24 bits per heavy atom. The van der Waals surface area contributed by atoms with E-state index >= 15 is 0 Å². The van der Waals surface area contributed by atoms with Crippen LogP contribution in [-0.2, 0) is 0 Å². The number of benzene rings is 3. The minimum absolute atomic E-state index is 0.783. The van der Waals surface area contributed by atoms with Gasteiger partial charge in [0.2, 0.25) is 0 Å². The molecular weight excluding hydrogens is 306 g/mol. The first-order chi connectivity index (χ1) is 12.2. The van der Waals surface area contributed by atoms with Gasteiger partial charge in [-0.2, -0.15) is 0 Å². The summed E-state index contributed by atoms with van der Waals surface area (Å²) in [5, 5.41) is 0. The van der Waals surface area contributed by atoms with Gasteiger partial charge in [-0.1, -0.05) is 72.8 Å². The molecule has 0 unspecified atom stereocenters. The molecule has 0 aromatic heterocycles. The van der Waals surface area contributed by atoms with Crippen molar-refractivity contribution in [3.8, 4) is 5.75 Å². The minimum Gasteiger partial charge on any atom is -0.497 e. The van der Waals surface area contributed by atoms with Crippen molar-refractivity contribution in [2.75, 3.05) is 12.8 Å². The van der Waals surface area contributed by atoms with Gasteiger partial charge in [0.05, 0.1) is 7.11 Å². The van der Waals surface area contributed by atoms with Crippen LogP contribution in [0.2, 0.25) is 0 Å². The first-order valence-corrected chi connectivity index (χ1v) is 8.19. The quantitative estimate of drug-likeness (QED) is 0.488. The van der Waals surface area contributed by atoms with Crippen LogP contribution in [0.3, 0.4) is 0 Å². The molecule has 3 rings (SSSR count). The third-order valence-electron chi connectivity index (χ3n) is 3.93. The lowest BCUT2D eigenvalue weighted by Gasteiger charge is -2.00. The van der Waals surface area contributed by atoms with Crippen LogP contribution in [0.4, 0.5) is 5.69 Å². The second kappa shape index (κ2) is 8.02. The summed E-state index contributed by atoms with van der Waals surface area (Å²) in [6, 6.07) is 24.3. The van der Waals surface area contributed by atoms with E-state index < -0.39 is 0 Å². The van der Waals surface area contributed by atoms with E-state index in [9.17, 15) is 0 Å². The van der Waals surface area contributed by atoms with Crippen LogP contribution in [0.1, 0.15) is 22.3 Å². The maximum Gasteiger partial charge on any atom is 0.118 e. The monoisotopic (exact) mass is 327 g/mol. The molecule has 0 spiro atoms. The van der Waals surface area contributed by atoms with Crippen molar-refractivity contribution in [2.24, 2.45) is 0 Å². The van der Waals surface area contributed by atoms with Gasteiger partial charge in [0.15, 0.2) is 0 Å². The van der Waals surface area contributed by atoms with Gasteiger partial charge in [-0.3, -0.25) is 0 Å². The number of hydrogen-bond donors (Lipinski definition) is 1. The Morgan fingerprint density at radius 1 is 0.560 bits per heavy atom. The lowest BCUT2D eigenvalue weighted by Crippen LogP contribution is -1.82. The summed E-state index contributed by atoms with van der Waals surface area (Å²) in [6.07, 6.45) is 8.39. The summed E-state index contributed by atoms with van der Waals surface area (Å²) in [7, 11) is 1.67. The summed E-state index contributed by atoms with van der Waals surface area (Å²) in [4.78, 5) is 0. The van der Waals surface area contributed by atoms with Gasteiger partial charge in [0.1, 0.15) is 5.75 Å². The standard InChI is InChI=1S/C23H21NO/c1-25-23-16-12-21(13-17-23)9-7-19-4-2-18(3-5-19)6-8-20-10-14-22(24)15-11-20/h2-17H,24H2,1H3/b8-6+,9-7+. The SMILES string of the molecule is COc1ccc(/C=C/c2ccc(/C=C/c3ccc(N)cc3)cc2)cc1. The minimum atomic E-state index is 0.783. The van der Waals surface area contributed by atoms with Crippen molar-refractivity contribution < 1.29 is 4.74 Å². The van der Waals surface area contributed by atoms with E-state index in [1.807, 2.05) is 48.5 Å². The molecule has 0 saturated heterocycles. The molecule has 0 heterocycles. The second-order valence-corrected chi connectivity index (χ2v) is 5.77. The van der Waals surface area contributed by atoms with Crippen LogP contribution in [-0.4, -0.2) is 7.11 Å². The highest BCUT2D eigenvalue weighted by Crippen LogP contribution is 2.15. The zero-order valence-electron chi connectivity index (χ0n) is 14.2. The zero-order valence-corrected chi connectivity index (χ0v) is 14.2. The molecule has 25 heavy (non-hydrogen) atoms. The molecule has 2 N–H and O–H groups in total. The van der Waals surface area contributed by atoms with Gasteiger partial charge in [-0.05, 0) is 46.5 Å². The number of hydrogen-bond acceptors (Lipinski definition) is 2. The summed E-state index contributed by atoms with van der Waals surface area (Å²) in [5.74, 6) is 0.870. The van der Waals surface area contributed by atoms with E-state index in [2.05, 4.69) is 48.6 Å². The highest BCUT2D eigenvalue weighted by Gasteiger charge is 1.92. The highest BCUT2D eigenvalue weighted by molar-refractivity contribution is 5.73. The largest absolute Gasteiger partial charge is 0.497 e. The van der Waals surface area contributed by atoms with Gasteiger partial charge in [0.25, 0.3) is 0 Å². The summed E-state index contributed by atoms with van der Waals surface area (Å²) >= 11 is 0. The van der Waals surface area contributed by atoms with Gasteiger partial charge < -0.3 is 10.5 Å². The Kier molecular flexibility index (Phi) is 5.32. The Morgan fingerprint density at radius 2 is 0.880 bits per heavy atom. The van der Waals surface area contributed by atoms with Crippen LogP contribution in [0.15, 0.2) is 72.8 Å². The van der Waals surface area contributed by atoms with Gasteiger partial charge in [-0.25, -0.2) is 0 Å². The van der Waals surface area contributed by atoms with Crippen LogP contribution in [0.5, 0.6) is 5.75 Å². The molecule has 0 saturated carbocycles. The average Bonchev–Trinajstić information content (AvgIpc) is 2.67. The summed E-state index contributed by atoms with van der Waals surface area (Å²) in [5.41, 5.74) is 11.1. The fourth-order valence-corrected chi connectivity index (χ4v) is 2.43. The maximum atomic E-state index is 5.70. The normalized spacial score (nSPS) is 11.2. The van der Waals surface area contributed by atoms with E-state index in [0.717, 1.165) is 22.6 Å². The molecular formula is C23H21NO. The Balaban J connectivity index is 1.65. The molecule has 0 radical (unpaired) electrons. The van der Waals surface area contributed by atoms with Gasteiger partial charge in [-0.15, -0.1) is 0 Å². The number of ether oxygens (including phenoxy) is 1. The van der Waals surface area contributed by atoms with Crippen LogP contribution in [0.25, 0.3) is 24.3 Å². The van der Waals surface area contributed by atoms with Crippen LogP contribution < -0.4 is 10.5 Å². The highest BCUT2D eigenvalue weighted by atomic mass is 16.5. The van der Waals surface area contributed by atoms with Crippen molar-refractivity contribution in [3.05, 3.63) is 95.1 Å². The van der Waals surface area contributed by atoms with E-state index in [1.165, 1.54) is 11.1 Å². The van der Waals surface area contributed by atoms with Gasteiger partial charge in [0, 0.05) is 5.69 Å². The molecule has 0 amide bonds. The van der Waals surface area contributed by atoms with Crippen molar-refractivity contribution in [3.63, 3.8) is 0 Å². The van der Waals surface area contributed by atoms with Gasteiger partial charge >= 0.3 is 0 Å². The molecule has 3 aromatic carbocycles. The van der Waals surface area contributed by atoms with Crippen molar-refractivity contribution in [1.82, 2.24) is 0 Å². The molecule has 0 aliphatic carbocycles. The third kappa shape index (κ3) is 4.85. The van der Waals surface area contributed by atoms with E-state index in [-0.39, 0.29) is 0 Å². The first kappa shape index (κ1) is 16.6. The second-order valence-electron chi connectivity index (χ2n) is 5.77. The van der Waals surface area contributed by atoms with E-state index in [1.54, 1.807) is 7.11 Å². The molecule has 0 aliphatic rings. The molecule has 2 nitrogen and oxygen atoms in total. The Labute approximate surface area is 148 Å². The topological polar surface area (TPSA) is 35.2 Å². The van der Waals surface area contributed by atoms with E-state index in [0.29, 0.717) is 0 Å². The van der Waals surface area contributed by atoms with Crippen molar-refractivity contribution in [1.29, 1.82) is 0 Å². The number of nitrogens with two attached hydrogens (primary N) is 1. The molecule has 0 aliphatic heterocycles. The van der Waals surface area contributed by atoms with Crippen LogP contribution >= 0.6 is 0 Å². The number of nitrogen functional groups attached to an aromatic ring is 1. The predicted molar refractivity (Wildman–Crippen MR) is 108 cm³/mol. The van der Waals surface area contributed by atoms with Crippen molar-refractivity contribution >= 4 is 30.0 Å². The molecule has 0 atom stereocenters. The molecule has 0 bridgehead atoms. The van der Waals surface area contributed by atoms with Crippen LogP contribution in [0, 0.1) is 0 Å². The molecule has 2 heteroatoms. The number of methoxy groups -OCH3 is 1. The third-order valence-corrected chi connectivity index (χ3v) is 3.93. The summed E-state index contributed by atoms with van der Waals surface area (Å²) < 4.78 is 5.17. The maximum absolute atomic E-state index is 5.70. The molecule has 0 fully saturated rings. The molecule has 3 aromatic rings.